The molecule has 1 aliphatic rings. The van der Waals surface area contributed by atoms with Gasteiger partial charge in [-0.15, -0.1) is 0 Å². The minimum atomic E-state index is -0.494. The topological polar surface area (TPSA) is 133 Å². The molecule has 216 valence electrons. The summed E-state index contributed by atoms with van der Waals surface area (Å²) in [5.41, 5.74) is 3.57. The van der Waals surface area contributed by atoms with E-state index in [-0.39, 0.29) is 43.2 Å². The number of Topliss-reactive ketones (excluding diaryl/α,β-unsaturated/α-hetero) is 1. The number of anilines is 1. The maximum Gasteiger partial charge on any atom is 0.256 e. The second-order valence-electron chi connectivity index (χ2n) is 9.97. The molecule has 0 spiro atoms. The number of ketones is 1. The average Bonchev–Trinajstić information content (AvgIpc) is 3.38. The summed E-state index contributed by atoms with van der Waals surface area (Å²) in [6.45, 7) is 10.0. The van der Waals surface area contributed by atoms with Crippen molar-refractivity contribution in [2.24, 2.45) is 5.92 Å². The van der Waals surface area contributed by atoms with Crippen molar-refractivity contribution in [1.29, 1.82) is 0 Å². The van der Waals surface area contributed by atoms with Gasteiger partial charge in [0, 0.05) is 61.7 Å². The number of aromatic nitrogens is 1. The zero-order valence-electron chi connectivity index (χ0n) is 23.9. The molecule has 0 bridgehead atoms. The van der Waals surface area contributed by atoms with Crippen LogP contribution in [0.5, 0.6) is 0 Å². The van der Waals surface area contributed by atoms with Crippen LogP contribution in [0.2, 0.25) is 0 Å². The van der Waals surface area contributed by atoms with Gasteiger partial charge in [0.05, 0.1) is 23.9 Å². The lowest BCUT2D eigenvalue weighted by molar-refractivity contribution is -0.137. The summed E-state index contributed by atoms with van der Waals surface area (Å²) in [7, 11) is 1.53. The maximum absolute atomic E-state index is 13.8. The fraction of sp³-hybridized carbons (Fsp3) is 0.448. The van der Waals surface area contributed by atoms with Gasteiger partial charge in [0.25, 0.3) is 11.8 Å². The van der Waals surface area contributed by atoms with Crippen molar-refractivity contribution in [2.75, 3.05) is 38.8 Å². The van der Waals surface area contributed by atoms with Crippen molar-refractivity contribution in [2.45, 2.75) is 47.1 Å². The number of nitrogens with one attached hydrogen (secondary N) is 4. The average molecular weight is 556 g/mol. The van der Waals surface area contributed by atoms with E-state index >= 15 is 0 Å². The number of amides is 3. The summed E-state index contributed by atoms with van der Waals surface area (Å²) in [4.78, 5) is 55.7. The van der Waals surface area contributed by atoms with Crippen molar-refractivity contribution >= 4 is 40.8 Å². The van der Waals surface area contributed by atoms with Gasteiger partial charge in [-0.3, -0.25) is 24.5 Å². The number of fused-ring (bicyclic) bond motifs is 1. The molecule has 3 amide bonds. The van der Waals surface area contributed by atoms with Gasteiger partial charge in [-0.25, -0.2) is 4.39 Å². The Balaban J connectivity index is 1.63. The first-order valence-corrected chi connectivity index (χ1v) is 13.3. The molecule has 2 aromatic rings. The summed E-state index contributed by atoms with van der Waals surface area (Å²) in [5, 5.41) is 8.52. The van der Waals surface area contributed by atoms with Gasteiger partial charge in [-0.05, 0) is 57.5 Å². The van der Waals surface area contributed by atoms with Gasteiger partial charge in [-0.2, -0.15) is 0 Å². The number of H-pyrrole nitrogens is 1. The Kier molecular flexibility index (Phi) is 10.4. The Morgan fingerprint density at radius 1 is 1.20 bits per heavy atom. The molecule has 4 N–H and O–H groups in total. The SMILES string of the molecule is CCN(CCNC(=O)c1c(C)[nH]c(/C=C2\C(=O)Nc3ccc(F)cc32)c1C)C(=O)C(C)CC(=O)C(C)NCOC. The number of ether oxygens (including phenoxy) is 1. The van der Waals surface area contributed by atoms with E-state index in [2.05, 4.69) is 20.9 Å². The van der Waals surface area contributed by atoms with Crippen LogP contribution in [0.3, 0.4) is 0 Å². The van der Waals surface area contributed by atoms with Crippen LogP contribution in [0.4, 0.5) is 10.1 Å². The van der Waals surface area contributed by atoms with Crippen molar-refractivity contribution in [1.82, 2.24) is 20.5 Å². The van der Waals surface area contributed by atoms with E-state index in [1.165, 1.54) is 25.3 Å². The van der Waals surface area contributed by atoms with Gasteiger partial charge in [0.1, 0.15) is 11.6 Å². The Hall–Kier alpha value is -3.83. The van der Waals surface area contributed by atoms with E-state index in [9.17, 15) is 23.6 Å². The fourth-order valence-electron chi connectivity index (χ4n) is 4.72. The molecule has 0 saturated heterocycles. The molecule has 0 fully saturated rings. The van der Waals surface area contributed by atoms with Gasteiger partial charge in [0.2, 0.25) is 5.91 Å². The Morgan fingerprint density at radius 3 is 2.60 bits per heavy atom. The smallest absolute Gasteiger partial charge is 0.256 e. The number of methoxy groups -OCH3 is 1. The zero-order valence-corrected chi connectivity index (χ0v) is 23.9. The highest BCUT2D eigenvalue weighted by molar-refractivity contribution is 6.34. The van der Waals surface area contributed by atoms with E-state index < -0.39 is 17.8 Å². The van der Waals surface area contributed by atoms with E-state index in [0.29, 0.717) is 52.4 Å². The molecule has 0 radical (unpaired) electrons. The number of aryl methyl sites for hydroxylation is 1. The molecule has 2 unspecified atom stereocenters. The quantitative estimate of drug-likeness (QED) is 0.222. The van der Waals surface area contributed by atoms with Crippen molar-refractivity contribution in [3.8, 4) is 0 Å². The van der Waals surface area contributed by atoms with Crippen molar-refractivity contribution in [3.05, 3.63) is 52.1 Å². The van der Waals surface area contributed by atoms with Gasteiger partial charge in [-0.1, -0.05) is 6.92 Å². The number of hydrogen-bond acceptors (Lipinski definition) is 6. The first kappa shape index (κ1) is 30.7. The standard InChI is InChI=1S/C29H38FN5O5/c1-7-35(29(39)16(2)12-25(36)18(4)32-15-40-6)11-10-31-28(38)26-17(3)24(33-19(26)5)14-22-21-13-20(30)8-9-23(21)34-27(22)37/h8-9,13-14,16,18,32-33H,7,10-12,15H2,1-6H3,(H,31,38)(H,34,37)/b22-14-. The monoisotopic (exact) mass is 555 g/mol. The summed E-state index contributed by atoms with van der Waals surface area (Å²) in [5.74, 6) is -1.84. The zero-order chi connectivity index (χ0) is 29.6. The van der Waals surface area contributed by atoms with Crippen LogP contribution in [-0.4, -0.2) is 72.9 Å². The third-order valence-electron chi connectivity index (χ3n) is 7.06. The highest BCUT2D eigenvalue weighted by Crippen LogP contribution is 2.34. The highest BCUT2D eigenvalue weighted by atomic mass is 19.1. The molecular weight excluding hydrogens is 517 g/mol. The number of carbonyl (C=O) groups excluding carboxylic acids is 4. The van der Waals surface area contributed by atoms with Crippen molar-refractivity contribution < 1.29 is 28.3 Å². The van der Waals surface area contributed by atoms with Crippen LogP contribution in [0.1, 0.15) is 60.1 Å². The second kappa shape index (κ2) is 13.5. The number of likely N-dealkylation sites (N-methyl/N-ethyl adjacent to an activating group) is 1. The second-order valence-corrected chi connectivity index (χ2v) is 9.97. The van der Waals surface area contributed by atoms with Crippen LogP contribution in [0.25, 0.3) is 11.6 Å². The summed E-state index contributed by atoms with van der Waals surface area (Å²) >= 11 is 0. The number of hydrogen-bond donors (Lipinski definition) is 4. The van der Waals surface area contributed by atoms with Gasteiger partial charge in [0.15, 0.2) is 0 Å². The molecule has 11 heteroatoms. The number of carbonyl (C=O) groups is 4. The Bertz CT molecular complexity index is 1320. The maximum atomic E-state index is 13.8. The van der Waals surface area contributed by atoms with Crippen LogP contribution < -0.4 is 16.0 Å². The molecule has 1 aromatic heterocycles. The summed E-state index contributed by atoms with van der Waals surface area (Å²) in [6.07, 6.45) is 1.72. The number of halogens is 1. The molecule has 2 atom stereocenters. The predicted molar refractivity (Wildman–Crippen MR) is 151 cm³/mol. The van der Waals surface area contributed by atoms with E-state index in [1.807, 2.05) is 6.92 Å². The van der Waals surface area contributed by atoms with E-state index in [1.54, 1.807) is 38.7 Å². The minimum absolute atomic E-state index is 0.0739. The predicted octanol–water partition coefficient (Wildman–Crippen LogP) is 3.02. The van der Waals surface area contributed by atoms with Gasteiger partial charge >= 0.3 is 0 Å². The van der Waals surface area contributed by atoms with Crippen LogP contribution in [0.15, 0.2) is 18.2 Å². The largest absolute Gasteiger partial charge is 0.370 e. The van der Waals surface area contributed by atoms with Crippen molar-refractivity contribution in [3.63, 3.8) is 0 Å². The minimum Gasteiger partial charge on any atom is -0.370 e. The molecular formula is C29H38FN5O5. The molecule has 0 saturated carbocycles. The van der Waals surface area contributed by atoms with Crippen LogP contribution in [0, 0.1) is 25.6 Å². The molecule has 2 heterocycles. The molecule has 40 heavy (non-hydrogen) atoms. The number of aromatic amines is 1. The number of nitrogens with zero attached hydrogens (tertiary/aromatic N) is 1. The van der Waals surface area contributed by atoms with Gasteiger partial charge < -0.3 is 25.3 Å². The molecule has 0 aliphatic carbocycles. The molecule has 1 aliphatic heterocycles. The first-order valence-electron chi connectivity index (χ1n) is 13.3. The molecule has 1 aromatic carbocycles. The first-order chi connectivity index (χ1) is 19.0. The summed E-state index contributed by atoms with van der Waals surface area (Å²) in [6, 6.07) is 3.68. The highest BCUT2D eigenvalue weighted by Gasteiger charge is 2.27. The number of benzene rings is 1. The van der Waals surface area contributed by atoms with Crippen LogP contribution in [-0.2, 0) is 19.1 Å². The molecule has 3 rings (SSSR count). The lowest BCUT2D eigenvalue weighted by atomic mass is 9.99. The normalized spacial score (nSPS) is 15.0. The fourth-order valence-corrected chi connectivity index (χ4v) is 4.72. The Morgan fingerprint density at radius 2 is 1.93 bits per heavy atom. The Labute approximate surface area is 233 Å². The number of rotatable bonds is 13. The lowest BCUT2D eigenvalue weighted by Crippen LogP contribution is -2.42. The van der Waals surface area contributed by atoms with E-state index in [0.717, 1.165) is 0 Å². The lowest BCUT2D eigenvalue weighted by Gasteiger charge is -2.25. The van der Waals surface area contributed by atoms with Crippen LogP contribution >= 0.6 is 0 Å². The molecule has 10 nitrogen and oxygen atoms in total. The summed E-state index contributed by atoms with van der Waals surface area (Å²) < 4.78 is 18.7. The third-order valence-corrected chi connectivity index (χ3v) is 7.06. The van der Waals surface area contributed by atoms with E-state index in [4.69, 9.17) is 4.74 Å². The third kappa shape index (κ3) is 7.02.